The number of anilines is 1. The van der Waals surface area contributed by atoms with Crippen LogP contribution in [0.4, 0.5) is 10.1 Å². The van der Waals surface area contributed by atoms with E-state index in [4.69, 9.17) is 10.7 Å². The van der Waals surface area contributed by atoms with Gasteiger partial charge in [-0.2, -0.15) is 5.10 Å². The Hall–Kier alpha value is -4.86. The van der Waals surface area contributed by atoms with Crippen LogP contribution in [0.25, 0.3) is 56.0 Å². The fourth-order valence-electron chi connectivity index (χ4n) is 3.82. The molecule has 0 aliphatic heterocycles. The Kier molecular flexibility index (Phi) is 4.06. The maximum absolute atomic E-state index is 13.9. The molecule has 0 aliphatic carbocycles. The first kappa shape index (κ1) is 18.9. The number of phenols is 1. The lowest BCUT2D eigenvalue weighted by Gasteiger charge is -2.03. The minimum absolute atomic E-state index is 0.186. The number of rotatable bonds is 3. The van der Waals surface area contributed by atoms with Crippen molar-refractivity contribution in [2.45, 2.75) is 0 Å². The molecule has 0 radical (unpaired) electrons. The number of aromatic hydroxyl groups is 1. The van der Waals surface area contributed by atoms with Gasteiger partial charge in [-0.15, -0.1) is 0 Å². The lowest BCUT2D eigenvalue weighted by atomic mass is 10.1. The smallest absolute Gasteiger partial charge is 0.159 e. The van der Waals surface area contributed by atoms with E-state index >= 15 is 0 Å². The van der Waals surface area contributed by atoms with Gasteiger partial charge in [0.05, 0.1) is 34.3 Å². The largest absolute Gasteiger partial charge is 0.508 e. The van der Waals surface area contributed by atoms with Crippen LogP contribution < -0.4 is 5.73 Å². The van der Waals surface area contributed by atoms with Gasteiger partial charge in [0.15, 0.2) is 5.82 Å². The predicted octanol–water partition coefficient (Wildman–Crippen LogP) is 4.05. The summed E-state index contributed by atoms with van der Waals surface area (Å²) in [7, 11) is 0. The van der Waals surface area contributed by atoms with Crippen LogP contribution >= 0.6 is 0 Å². The zero-order valence-electron chi connectivity index (χ0n) is 16.9. The van der Waals surface area contributed by atoms with Gasteiger partial charge in [0.2, 0.25) is 0 Å². The molecule has 160 valence electrons. The number of hydrogen-bond acceptors (Lipinski definition) is 7. The fraction of sp³-hybridized carbons (Fsp3) is 0. The Morgan fingerprint density at radius 1 is 0.909 bits per heavy atom. The minimum Gasteiger partial charge on any atom is -0.508 e. The molecule has 9 nitrogen and oxygen atoms in total. The summed E-state index contributed by atoms with van der Waals surface area (Å²) in [5.74, 6) is -0.239. The Balaban J connectivity index is 1.51. The van der Waals surface area contributed by atoms with E-state index in [1.54, 1.807) is 36.9 Å². The Morgan fingerprint density at radius 2 is 1.82 bits per heavy atom. The third kappa shape index (κ3) is 3.21. The number of fused-ring (bicyclic) bond motifs is 2. The molecule has 5 aromatic heterocycles. The number of aromatic nitrogens is 7. The number of hydrogen-bond donors (Lipinski definition) is 4. The van der Waals surface area contributed by atoms with Crippen molar-refractivity contribution in [1.29, 1.82) is 0 Å². The molecule has 0 amide bonds. The molecule has 0 bridgehead atoms. The maximum Gasteiger partial charge on any atom is 0.159 e. The van der Waals surface area contributed by atoms with E-state index in [-0.39, 0.29) is 5.75 Å². The Bertz CT molecular complexity index is 1650. The zero-order chi connectivity index (χ0) is 22.5. The topological polar surface area (TPSA) is 142 Å². The first-order chi connectivity index (χ1) is 16.0. The molecule has 5 heterocycles. The van der Waals surface area contributed by atoms with Crippen LogP contribution in [-0.4, -0.2) is 40.2 Å². The average molecular weight is 438 g/mol. The number of nitrogens with zero attached hydrogens (tertiary/aromatic N) is 5. The lowest BCUT2D eigenvalue weighted by Crippen LogP contribution is -1.90. The van der Waals surface area contributed by atoms with Gasteiger partial charge in [0.1, 0.15) is 22.8 Å². The second-order valence-electron chi connectivity index (χ2n) is 7.53. The third-order valence-corrected chi connectivity index (χ3v) is 5.28. The number of nitrogens with one attached hydrogen (secondary N) is 2. The van der Waals surface area contributed by atoms with E-state index in [1.807, 2.05) is 6.07 Å². The SMILES string of the molecule is Nc1cncc(-c2cc3c(-c4nc5c(-c6cc(O)cc(F)c6)nccc5[nH]4)n[nH]c3cn2)c1. The van der Waals surface area contributed by atoms with Gasteiger partial charge < -0.3 is 15.8 Å². The monoisotopic (exact) mass is 438 g/mol. The molecule has 33 heavy (non-hydrogen) atoms. The first-order valence-corrected chi connectivity index (χ1v) is 9.95. The zero-order valence-corrected chi connectivity index (χ0v) is 16.9. The number of halogens is 1. The van der Waals surface area contributed by atoms with E-state index in [0.29, 0.717) is 45.2 Å². The van der Waals surface area contributed by atoms with Crippen LogP contribution in [0.5, 0.6) is 5.75 Å². The van der Waals surface area contributed by atoms with Gasteiger partial charge in [-0.3, -0.25) is 20.1 Å². The number of phenolic OH excluding ortho intramolecular Hbond substituents is 1. The second-order valence-corrected chi connectivity index (χ2v) is 7.53. The van der Waals surface area contributed by atoms with Crippen molar-refractivity contribution in [1.82, 2.24) is 35.1 Å². The summed E-state index contributed by atoms with van der Waals surface area (Å²) in [4.78, 5) is 20.9. The van der Waals surface area contributed by atoms with Crippen LogP contribution in [0.15, 0.2) is 61.2 Å². The van der Waals surface area contributed by atoms with Crippen LogP contribution in [-0.2, 0) is 0 Å². The number of nitrogens with two attached hydrogens (primary N) is 1. The molecule has 10 heteroatoms. The minimum atomic E-state index is -0.561. The molecule has 0 fully saturated rings. The summed E-state index contributed by atoms with van der Waals surface area (Å²) in [6.07, 6.45) is 6.55. The second kappa shape index (κ2) is 7.09. The molecular weight excluding hydrogens is 423 g/mol. The van der Waals surface area contributed by atoms with Gasteiger partial charge in [-0.05, 0) is 30.3 Å². The van der Waals surface area contributed by atoms with Gasteiger partial charge in [0, 0.05) is 41.2 Å². The molecule has 1 aromatic carbocycles. The summed E-state index contributed by atoms with van der Waals surface area (Å²) in [6.45, 7) is 0. The average Bonchev–Trinajstić information content (AvgIpc) is 3.41. The standard InChI is InChI=1S/C23H15FN8O/c24-13-3-11(5-15(33)6-13)20-22-17(1-2-27-20)29-23(30-22)21-16-7-18(28-10-19(16)31-32-21)12-4-14(25)9-26-8-12/h1-10,33H,25H2,(H,29,30)(H,31,32). The maximum atomic E-state index is 13.9. The molecule has 6 rings (SSSR count). The third-order valence-electron chi connectivity index (χ3n) is 5.28. The molecule has 5 N–H and O–H groups in total. The van der Waals surface area contributed by atoms with Crippen molar-refractivity contribution in [3.63, 3.8) is 0 Å². The lowest BCUT2D eigenvalue weighted by molar-refractivity contribution is 0.469. The van der Waals surface area contributed by atoms with Crippen molar-refractivity contribution in [3.8, 4) is 39.8 Å². The van der Waals surface area contributed by atoms with E-state index in [9.17, 15) is 9.50 Å². The molecule has 0 saturated carbocycles. The van der Waals surface area contributed by atoms with Gasteiger partial charge >= 0.3 is 0 Å². The normalized spacial score (nSPS) is 11.4. The highest BCUT2D eigenvalue weighted by atomic mass is 19.1. The van der Waals surface area contributed by atoms with Crippen molar-refractivity contribution in [3.05, 3.63) is 67.0 Å². The number of benzene rings is 1. The molecule has 0 unspecified atom stereocenters. The number of pyridine rings is 3. The van der Waals surface area contributed by atoms with Crippen molar-refractivity contribution >= 4 is 27.6 Å². The van der Waals surface area contributed by atoms with Gasteiger partial charge in [-0.1, -0.05) is 0 Å². The Labute approximate surface area is 185 Å². The van der Waals surface area contributed by atoms with E-state index in [1.165, 1.54) is 12.1 Å². The summed E-state index contributed by atoms with van der Waals surface area (Å²) in [5.41, 5.74) is 11.3. The Morgan fingerprint density at radius 3 is 2.67 bits per heavy atom. The molecule has 0 aliphatic rings. The van der Waals surface area contributed by atoms with Gasteiger partial charge in [0.25, 0.3) is 0 Å². The number of H-pyrrole nitrogens is 2. The molecule has 0 spiro atoms. The number of nitrogen functional groups attached to an aromatic ring is 1. The number of imidazole rings is 1. The van der Waals surface area contributed by atoms with Crippen LogP contribution in [0.2, 0.25) is 0 Å². The summed E-state index contributed by atoms with van der Waals surface area (Å²) < 4.78 is 13.9. The van der Waals surface area contributed by atoms with Crippen molar-refractivity contribution < 1.29 is 9.50 Å². The molecule has 0 saturated heterocycles. The van der Waals surface area contributed by atoms with Crippen molar-refractivity contribution in [2.24, 2.45) is 0 Å². The first-order valence-electron chi connectivity index (χ1n) is 9.95. The van der Waals surface area contributed by atoms with E-state index in [2.05, 4.69) is 30.1 Å². The van der Waals surface area contributed by atoms with Crippen LogP contribution in [0.1, 0.15) is 0 Å². The van der Waals surface area contributed by atoms with E-state index in [0.717, 1.165) is 22.5 Å². The summed E-state index contributed by atoms with van der Waals surface area (Å²) in [5, 5.41) is 18.0. The fourth-order valence-corrected chi connectivity index (χ4v) is 3.82. The molecule has 0 atom stereocenters. The highest BCUT2D eigenvalue weighted by Crippen LogP contribution is 2.32. The highest BCUT2D eigenvalue weighted by Gasteiger charge is 2.17. The number of aromatic amines is 2. The predicted molar refractivity (Wildman–Crippen MR) is 121 cm³/mol. The van der Waals surface area contributed by atoms with Crippen molar-refractivity contribution in [2.75, 3.05) is 5.73 Å². The van der Waals surface area contributed by atoms with Crippen LogP contribution in [0, 0.1) is 5.82 Å². The highest BCUT2D eigenvalue weighted by molar-refractivity contribution is 5.97. The quantitative estimate of drug-likeness (QED) is 0.326. The summed E-state index contributed by atoms with van der Waals surface area (Å²) in [6, 6.07) is 9.25. The van der Waals surface area contributed by atoms with E-state index < -0.39 is 5.82 Å². The van der Waals surface area contributed by atoms with Crippen LogP contribution in [0.3, 0.4) is 0 Å². The molecular formula is C23H15FN8O. The summed E-state index contributed by atoms with van der Waals surface area (Å²) >= 11 is 0. The van der Waals surface area contributed by atoms with Gasteiger partial charge in [-0.25, -0.2) is 9.37 Å². The molecule has 6 aromatic rings.